The Bertz CT molecular complexity index is 548. The number of nitrogens with zero attached hydrogens (tertiary/aromatic N) is 2. The highest BCUT2D eigenvalue weighted by Gasteiger charge is 2.19. The molecule has 1 saturated heterocycles. The fourth-order valence-electron chi connectivity index (χ4n) is 3.01. The van der Waals surface area contributed by atoms with E-state index in [-0.39, 0.29) is 6.09 Å². The van der Waals surface area contributed by atoms with Crippen LogP contribution in [0.25, 0.3) is 0 Å². The van der Waals surface area contributed by atoms with Crippen LogP contribution in [0.2, 0.25) is 0 Å². The van der Waals surface area contributed by atoms with E-state index < -0.39 is 0 Å². The van der Waals surface area contributed by atoms with Crippen LogP contribution in [0.5, 0.6) is 0 Å². The molecule has 1 atom stereocenters. The zero-order valence-corrected chi connectivity index (χ0v) is 17.2. The molecular weight excluding hydrogens is 346 g/mol. The van der Waals surface area contributed by atoms with Crippen molar-refractivity contribution in [1.82, 2.24) is 10.2 Å². The molecule has 0 radical (unpaired) electrons. The number of thioether (sulfide) groups is 1. The number of carbonyl (C=O) groups is 1. The van der Waals surface area contributed by atoms with Gasteiger partial charge < -0.3 is 15.0 Å². The van der Waals surface area contributed by atoms with Gasteiger partial charge in [0.05, 0.1) is 12.3 Å². The fourth-order valence-corrected chi connectivity index (χ4v) is 4.08. The summed E-state index contributed by atoms with van der Waals surface area (Å²) in [6, 6.07) is 8.79. The summed E-state index contributed by atoms with van der Waals surface area (Å²) >= 11 is 1.98. The van der Waals surface area contributed by atoms with Crippen molar-refractivity contribution >= 4 is 23.5 Å². The van der Waals surface area contributed by atoms with E-state index in [2.05, 4.69) is 53.2 Å². The maximum absolute atomic E-state index is 11.3. The summed E-state index contributed by atoms with van der Waals surface area (Å²) in [5.41, 5.74) is 1.38. The van der Waals surface area contributed by atoms with E-state index in [1.165, 1.54) is 17.0 Å². The Kier molecular flexibility index (Phi) is 9.12. The molecule has 146 valence electrons. The summed E-state index contributed by atoms with van der Waals surface area (Å²) in [5.74, 6) is 0. The van der Waals surface area contributed by atoms with E-state index in [4.69, 9.17) is 4.74 Å². The first-order chi connectivity index (χ1) is 12.6. The molecule has 6 heteroatoms. The van der Waals surface area contributed by atoms with Gasteiger partial charge in [-0.3, -0.25) is 4.90 Å². The van der Waals surface area contributed by atoms with Gasteiger partial charge in [0.1, 0.15) is 0 Å². The summed E-state index contributed by atoms with van der Waals surface area (Å²) in [6.07, 6.45) is 1.83. The van der Waals surface area contributed by atoms with E-state index in [1.807, 2.05) is 18.7 Å². The average molecular weight is 380 g/mol. The summed E-state index contributed by atoms with van der Waals surface area (Å²) in [7, 11) is 0. The Hall–Kier alpha value is -1.40. The molecule has 1 aromatic carbocycles. The third-order valence-electron chi connectivity index (χ3n) is 4.68. The van der Waals surface area contributed by atoms with Gasteiger partial charge in [-0.25, -0.2) is 4.79 Å². The predicted molar refractivity (Wildman–Crippen MR) is 110 cm³/mol. The number of alkyl carbamates (subject to hydrolysis) is 1. The Morgan fingerprint density at radius 1 is 1.23 bits per heavy atom. The molecule has 0 aromatic heterocycles. The standard InChI is InChI=1S/C20H33N3O2S/c1-4-17(3)26-19-10-7-6-9-18(19)23-15-13-22(14-16-23)12-8-11-21-20(24)25-5-2/h6-7,9-10,17H,4-5,8,11-16H2,1-3H3,(H,21,24)/t17-/m0/s1. The topological polar surface area (TPSA) is 44.8 Å². The second-order valence-electron chi connectivity index (χ2n) is 6.63. The highest BCUT2D eigenvalue weighted by Crippen LogP contribution is 2.34. The number of benzene rings is 1. The molecule has 26 heavy (non-hydrogen) atoms. The molecule has 0 saturated carbocycles. The van der Waals surface area contributed by atoms with Crippen LogP contribution in [-0.4, -0.2) is 62.1 Å². The largest absolute Gasteiger partial charge is 0.450 e. The van der Waals surface area contributed by atoms with Crippen LogP contribution in [-0.2, 0) is 4.74 Å². The number of anilines is 1. The van der Waals surface area contributed by atoms with E-state index in [0.29, 0.717) is 18.4 Å². The third kappa shape index (κ3) is 6.72. The number of nitrogens with one attached hydrogen (secondary N) is 1. The van der Waals surface area contributed by atoms with Gasteiger partial charge in [-0.2, -0.15) is 0 Å². The summed E-state index contributed by atoms with van der Waals surface area (Å²) in [5, 5.41) is 3.43. The highest BCUT2D eigenvalue weighted by molar-refractivity contribution is 8.00. The number of carbonyl (C=O) groups excluding carboxylic acids is 1. The Balaban J connectivity index is 1.75. The zero-order valence-electron chi connectivity index (χ0n) is 16.4. The number of hydrogen-bond donors (Lipinski definition) is 1. The van der Waals surface area contributed by atoms with Gasteiger partial charge in [-0.05, 0) is 38.4 Å². The maximum Gasteiger partial charge on any atom is 0.407 e. The van der Waals surface area contributed by atoms with Gasteiger partial charge >= 0.3 is 6.09 Å². The second kappa shape index (κ2) is 11.3. The Morgan fingerprint density at radius 2 is 1.96 bits per heavy atom. The van der Waals surface area contributed by atoms with Crippen molar-refractivity contribution in [2.75, 3.05) is 50.8 Å². The lowest BCUT2D eigenvalue weighted by atomic mass is 10.2. The molecule has 1 aromatic rings. The molecule has 1 fully saturated rings. The molecule has 5 nitrogen and oxygen atoms in total. The van der Waals surface area contributed by atoms with E-state index in [0.717, 1.165) is 39.1 Å². The minimum absolute atomic E-state index is 0.312. The van der Waals surface area contributed by atoms with Crippen LogP contribution in [0, 0.1) is 0 Å². The van der Waals surface area contributed by atoms with Crippen molar-refractivity contribution in [2.45, 2.75) is 43.8 Å². The number of piperazine rings is 1. The molecule has 0 bridgehead atoms. The van der Waals surface area contributed by atoms with Gasteiger partial charge in [0.2, 0.25) is 0 Å². The van der Waals surface area contributed by atoms with Crippen LogP contribution < -0.4 is 10.2 Å². The quantitative estimate of drug-likeness (QED) is 0.522. The summed E-state index contributed by atoms with van der Waals surface area (Å²) in [4.78, 5) is 17.7. The van der Waals surface area contributed by atoms with Crippen molar-refractivity contribution in [3.05, 3.63) is 24.3 Å². The molecule has 1 N–H and O–H groups in total. The monoisotopic (exact) mass is 379 g/mol. The van der Waals surface area contributed by atoms with Gasteiger partial charge in [0.25, 0.3) is 0 Å². The third-order valence-corrected chi connectivity index (χ3v) is 6.01. The van der Waals surface area contributed by atoms with Crippen LogP contribution in [0.3, 0.4) is 0 Å². The molecule has 1 amide bonds. The number of ether oxygens (including phenoxy) is 1. The van der Waals surface area contributed by atoms with E-state index in [9.17, 15) is 4.79 Å². The minimum atomic E-state index is -0.312. The van der Waals surface area contributed by atoms with Crippen molar-refractivity contribution in [2.24, 2.45) is 0 Å². The van der Waals surface area contributed by atoms with Crippen molar-refractivity contribution in [3.8, 4) is 0 Å². The van der Waals surface area contributed by atoms with E-state index >= 15 is 0 Å². The first-order valence-corrected chi connectivity index (χ1v) is 10.7. The summed E-state index contributed by atoms with van der Waals surface area (Å²) in [6.45, 7) is 12.7. The van der Waals surface area contributed by atoms with Crippen LogP contribution in [0.1, 0.15) is 33.6 Å². The van der Waals surface area contributed by atoms with Crippen LogP contribution in [0.4, 0.5) is 10.5 Å². The molecule has 1 heterocycles. The van der Waals surface area contributed by atoms with Crippen molar-refractivity contribution in [1.29, 1.82) is 0 Å². The van der Waals surface area contributed by atoms with Crippen molar-refractivity contribution < 1.29 is 9.53 Å². The molecular formula is C20H33N3O2S. The van der Waals surface area contributed by atoms with Crippen molar-refractivity contribution in [3.63, 3.8) is 0 Å². The van der Waals surface area contributed by atoms with Gasteiger partial charge in [0.15, 0.2) is 0 Å². The lowest BCUT2D eigenvalue weighted by molar-refractivity contribution is 0.151. The van der Waals surface area contributed by atoms with Gasteiger partial charge in [0, 0.05) is 42.9 Å². The molecule has 0 spiro atoms. The van der Waals surface area contributed by atoms with Gasteiger partial charge in [-0.15, -0.1) is 11.8 Å². The average Bonchev–Trinajstić information content (AvgIpc) is 2.66. The number of amides is 1. The zero-order chi connectivity index (χ0) is 18.8. The van der Waals surface area contributed by atoms with Gasteiger partial charge in [-0.1, -0.05) is 26.0 Å². The molecule has 0 aliphatic carbocycles. The second-order valence-corrected chi connectivity index (χ2v) is 8.11. The van der Waals surface area contributed by atoms with Crippen LogP contribution in [0.15, 0.2) is 29.2 Å². The molecule has 0 unspecified atom stereocenters. The predicted octanol–water partition coefficient (Wildman–Crippen LogP) is 3.84. The minimum Gasteiger partial charge on any atom is -0.450 e. The normalized spacial score (nSPS) is 16.3. The highest BCUT2D eigenvalue weighted by atomic mass is 32.2. The SMILES string of the molecule is CCOC(=O)NCCCN1CCN(c2ccccc2S[C@@H](C)CC)CC1. The number of hydrogen-bond acceptors (Lipinski definition) is 5. The number of para-hydroxylation sites is 1. The fraction of sp³-hybridized carbons (Fsp3) is 0.650. The molecule has 1 aliphatic heterocycles. The number of rotatable bonds is 9. The molecule has 1 aliphatic rings. The Morgan fingerprint density at radius 3 is 2.65 bits per heavy atom. The lowest BCUT2D eigenvalue weighted by Crippen LogP contribution is -2.47. The lowest BCUT2D eigenvalue weighted by Gasteiger charge is -2.37. The van der Waals surface area contributed by atoms with E-state index in [1.54, 1.807) is 0 Å². The first-order valence-electron chi connectivity index (χ1n) is 9.77. The first kappa shape index (κ1) is 20.9. The Labute approximate surface area is 162 Å². The maximum atomic E-state index is 11.3. The smallest absolute Gasteiger partial charge is 0.407 e. The summed E-state index contributed by atoms with van der Waals surface area (Å²) < 4.78 is 4.87. The molecule has 2 rings (SSSR count). The van der Waals surface area contributed by atoms with Crippen LogP contribution >= 0.6 is 11.8 Å².